The average Bonchev–Trinajstić information content (AvgIpc) is 3.32. The summed E-state index contributed by atoms with van der Waals surface area (Å²) in [6.45, 7) is 0.802. The zero-order chi connectivity index (χ0) is 18.8. The molecule has 2 amide bonds. The molecule has 8 nitrogen and oxygen atoms in total. The molecule has 9 heteroatoms. The number of ether oxygens (including phenoxy) is 2. The van der Waals surface area contributed by atoms with Gasteiger partial charge in [-0.3, -0.25) is 14.5 Å². The zero-order valence-corrected chi connectivity index (χ0v) is 15.2. The van der Waals surface area contributed by atoms with Crippen molar-refractivity contribution in [2.24, 2.45) is 10.9 Å². The van der Waals surface area contributed by atoms with Crippen LogP contribution >= 0.6 is 12.2 Å². The number of rotatable bonds is 6. The van der Waals surface area contributed by atoms with Crippen LogP contribution in [0.2, 0.25) is 0 Å². The minimum atomic E-state index is -0.537. The SMILES string of the molecule is O=C(CCCN1C(=O)C2C=C3OCOC3=CC2=NC1=S)NCc1ccco1. The molecule has 1 N–H and O–H groups in total. The summed E-state index contributed by atoms with van der Waals surface area (Å²) in [5, 5.41) is 2.98. The first-order valence-corrected chi connectivity index (χ1v) is 8.95. The highest BCUT2D eigenvalue weighted by atomic mass is 32.1. The third kappa shape index (κ3) is 3.63. The number of furan rings is 1. The minimum Gasteiger partial charge on any atom is -0.467 e. The minimum absolute atomic E-state index is 0.116. The summed E-state index contributed by atoms with van der Waals surface area (Å²) in [6.07, 6.45) is 5.70. The van der Waals surface area contributed by atoms with E-state index in [1.54, 1.807) is 30.5 Å². The molecule has 140 valence electrons. The molecule has 1 unspecified atom stereocenters. The fraction of sp³-hybridized carbons (Fsp3) is 0.333. The van der Waals surface area contributed by atoms with E-state index >= 15 is 0 Å². The van der Waals surface area contributed by atoms with Gasteiger partial charge in [0.2, 0.25) is 23.7 Å². The van der Waals surface area contributed by atoms with Crippen molar-refractivity contribution in [3.63, 3.8) is 0 Å². The lowest BCUT2D eigenvalue weighted by molar-refractivity contribution is -0.129. The Bertz CT molecular complexity index is 872. The van der Waals surface area contributed by atoms with Crippen LogP contribution in [0.1, 0.15) is 18.6 Å². The Labute approximate surface area is 160 Å². The van der Waals surface area contributed by atoms with Crippen molar-refractivity contribution < 1.29 is 23.5 Å². The summed E-state index contributed by atoms with van der Waals surface area (Å²) < 4.78 is 15.8. The predicted molar refractivity (Wildman–Crippen MR) is 98.2 cm³/mol. The molecule has 1 atom stereocenters. The van der Waals surface area contributed by atoms with Crippen molar-refractivity contribution in [1.82, 2.24) is 10.2 Å². The Morgan fingerprint density at radius 3 is 3.04 bits per heavy atom. The van der Waals surface area contributed by atoms with Crippen molar-refractivity contribution in [3.05, 3.63) is 47.8 Å². The maximum absolute atomic E-state index is 12.8. The molecule has 1 aliphatic carbocycles. The van der Waals surface area contributed by atoms with Crippen LogP contribution < -0.4 is 5.32 Å². The van der Waals surface area contributed by atoms with E-state index < -0.39 is 5.92 Å². The third-order valence-corrected chi connectivity index (χ3v) is 4.71. The highest BCUT2D eigenvalue weighted by Gasteiger charge is 2.38. The van der Waals surface area contributed by atoms with Gasteiger partial charge in [0.25, 0.3) is 0 Å². The van der Waals surface area contributed by atoms with Gasteiger partial charge in [-0.1, -0.05) is 0 Å². The van der Waals surface area contributed by atoms with Gasteiger partial charge in [-0.25, -0.2) is 4.99 Å². The van der Waals surface area contributed by atoms with E-state index in [9.17, 15) is 9.59 Å². The Hall–Kier alpha value is -2.94. The molecule has 1 fully saturated rings. The van der Waals surface area contributed by atoms with E-state index in [4.69, 9.17) is 26.1 Å². The van der Waals surface area contributed by atoms with Gasteiger partial charge in [-0.2, -0.15) is 0 Å². The number of nitrogens with one attached hydrogen (secondary N) is 1. The molecule has 0 aromatic carbocycles. The lowest BCUT2D eigenvalue weighted by Gasteiger charge is -2.30. The molecule has 1 aromatic heterocycles. The van der Waals surface area contributed by atoms with Crippen molar-refractivity contribution in [2.45, 2.75) is 19.4 Å². The highest BCUT2D eigenvalue weighted by Crippen LogP contribution is 2.31. The largest absolute Gasteiger partial charge is 0.467 e. The molecule has 3 heterocycles. The van der Waals surface area contributed by atoms with Crippen molar-refractivity contribution in [2.75, 3.05) is 13.3 Å². The number of carbonyl (C=O) groups excluding carboxylic acids is 2. The van der Waals surface area contributed by atoms with Crippen LogP contribution in [0.4, 0.5) is 0 Å². The number of fused-ring (bicyclic) bond motifs is 2. The first-order chi connectivity index (χ1) is 13.1. The Balaban J connectivity index is 1.32. The molecular weight excluding hydrogens is 370 g/mol. The number of thiocarbonyl (C=S) groups is 1. The fourth-order valence-electron chi connectivity index (χ4n) is 3.03. The van der Waals surface area contributed by atoms with Gasteiger partial charge >= 0.3 is 0 Å². The first-order valence-electron chi connectivity index (χ1n) is 8.54. The van der Waals surface area contributed by atoms with E-state index in [1.165, 1.54) is 4.90 Å². The smallest absolute Gasteiger partial charge is 0.241 e. The summed E-state index contributed by atoms with van der Waals surface area (Å²) in [4.78, 5) is 30.5. The highest BCUT2D eigenvalue weighted by molar-refractivity contribution is 7.80. The number of hydrogen-bond acceptors (Lipinski definition) is 6. The molecule has 0 radical (unpaired) electrons. The predicted octanol–water partition coefficient (Wildman–Crippen LogP) is 1.65. The number of amides is 2. The summed E-state index contributed by atoms with van der Waals surface area (Å²) in [7, 11) is 0. The van der Waals surface area contributed by atoms with Crippen LogP contribution in [-0.4, -0.2) is 40.9 Å². The molecule has 4 rings (SSSR count). The topological polar surface area (TPSA) is 93.4 Å². The van der Waals surface area contributed by atoms with Crippen molar-refractivity contribution in [1.29, 1.82) is 0 Å². The molecule has 0 bridgehead atoms. The van der Waals surface area contributed by atoms with Crippen LogP contribution in [-0.2, 0) is 25.6 Å². The molecule has 3 aliphatic rings. The average molecular weight is 387 g/mol. The fourth-order valence-corrected chi connectivity index (χ4v) is 3.31. The maximum atomic E-state index is 12.8. The first kappa shape index (κ1) is 17.5. The van der Waals surface area contributed by atoms with Crippen LogP contribution in [0.3, 0.4) is 0 Å². The van der Waals surface area contributed by atoms with E-state index in [-0.39, 0.29) is 30.1 Å². The lowest BCUT2D eigenvalue weighted by atomic mass is 9.94. The maximum Gasteiger partial charge on any atom is 0.241 e. The normalized spacial score (nSPS) is 20.7. The summed E-state index contributed by atoms with van der Waals surface area (Å²) in [5.74, 6) is 0.993. The Morgan fingerprint density at radius 1 is 1.37 bits per heavy atom. The number of allylic oxidation sites excluding steroid dienone is 1. The number of aliphatic imine (C=N–C) groups is 1. The second kappa shape index (κ2) is 7.36. The molecule has 0 spiro atoms. The summed E-state index contributed by atoms with van der Waals surface area (Å²) in [5.41, 5.74) is 0.557. The van der Waals surface area contributed by atoms with E-state index in [0.717, 1.165) is 0 Å². The second-order valence-electron chi connectivity index (χ2n) is 6.19. The number of hydrogen-bond donors (Lipinski definition) is 1. The third-order valence-electron chi connectivity index (χ3n) is 4.40. The van der Waals surface area contributed by atoms with E-state index in [2.05, 4.69) is 10.3 Å². The van der Waals surface area contributed by atoms with Crippen LogP contribution in [0.5, 0.6) is 0 Å². The Morgan fingerprint density at radius 2 is 2.22 bits per heavy atom. The van der Waals surface area contributed by atoms with Gasteiger partial charge < -0.3 is 19.2 Å². The van der Waals surface area contributed by atoms with Gasteiger partial charge in [0.05, 0.1) is 18.5 Å². The van der Waals surface area contributed by atoms with Crippen molar-refractivity contribution in [3.8, 4) is 0 Å². The van der Waals surface area contributed by atoms with Gasteiger partial charge in [0.1, 0.15) is 11.7 Å². The zero-order valence-electron chi connectivity index (χ0n) is 14.3. The molecule has 1 aromatic rings. The number of nitrogens with zero attached hydrogens (tertiary/aromatic N) is 2. The monoisotopic (exact) mass is 387 g/mol. The molecule has 0 saturated carbocycles. The number of carbonyl (C=O) groups is 2. The van der Waals surface area contributed by atoms with Crippen LogP contribution in [0, 0.1) is 5.92 Å². The van der Waals surface area contributed by atoms with Crippen LogP contribution in [0.25, 0.3) is 0 Å². The molecule has 2 aliphatic heterocycles. The van der Waals surface area contributed by atoms with Crippen molar-refractivity contribution >= 4 is 34.9 Å². The van der Waals surface area contributed by atoms with E-state index in [1.807, 2.05) is 0 Å². The van der Waals surface area contributed by atoms with Gasteiger partial charge in [0.15, 0.2) is 11.5 Å². The molecular formula is C18H17N3O5S. The van der Waals surface area contributed by atoms with Gasteiger partial charge in [0, 0.05) is 19.0 Å². The quantitative estimate of drug-likeness (QED) is 0.746. The molecule has 1 saturated heterocycles. The van der Waals surface area contributed by atoms with Crippen LogP contribution in [0.15, 0.2) is 51.5 Å². The second-order valence-corrected chi connectivity index (χ2v) is 6.56. The summed E-state index contributed by atoms with van der Waals surface area (Å²) >= 11 is 5.26. The molecule has 27 heavy (non-hydrogen) atoms. The lowest BCUT2D eigenvalue weighted by Crippen LogP contribution is -2.46. The standard InChI is InChI=1S/C18H17N3O5S/c22-16(19-9-11-3-2-6-24-11)4-1-5-21-17(23)12-7-14-15(26-10-25-14)8-13(12)20-18(21)27/h2-3,6-8,12H,1,4-5,9-10H2,(H,19,22). The summed E-state index contributed by atoms with van der Waals surface area (Å²) in [6, 6.07) is 3.55. The Kier molecular flexibility index (Phi) is 4.76. The van der Waals surface area contributed by atoms with Gasteiger partial charge in [-0.05, 0) is 36.8 Å². The van der Waals surface area contributed by atoms with Gasteiger partial charge in [-0.15, -0.1) is 0 Å². The van der Waals surface area contributed by atoms with E-state index in [0.29, 0.717) is 42.5 Å².